The van der Waals surface area contributed by atoms with E-state index in [0.717, 1.165) is 11.8 Å². The molecule has 0 atom stereocenters. The van der Waals surface area contributed by atoms with Gasteiger partial charge in [0.1, 0.15) is 4.88 Å². The molecule has 9 heteroatoms. The third-order valence-corrected chi connectivity index (χ3v) is 6.24. The van der Waals surface area contributed by atoms with E-state index < -0.39 is 10.9 Å². The molecule has 0 amide bonds. The van der Waals surface area contributed by atoms with Gasteiger partial charge < -0.3 is 4.74 Å². The van der Waals surface area contributed by atoms with Gasteiger partial charge >= 0.3 is 5.97 Å². The normalized spacial score (nSPS) is 10.7. The van der Waals surface area contributed by atoms with Crippen LogP contribution < -0.4 is 4.74 Å². The molecule has 0 saturated carbocycles. The number of ether oxygens (including phenoxy) is 1. The van der Waals surface area contributed by atoms with Crippen LogP contribution in [0, 0.1) is 17.0 Å². The number of hydrogen-bond donors (Lipinski definition) is 0. The molecule has 2 aromatic carbocycles. The van der Waals surface area contributed by atoms with Gasteiger partial charge in [-0.1, -0.05) is 48.2 Å². The highest BCUT2D eigenvalue weighted by Gasteiger charge is 2.25. The van der Waals surface area contributed by atoms with Crippen LogP contribution in [0.1, 0.15) is 15.4 Å². The molecule has 7 nitrogen and oxygen atoms in total. The van der Waals surface area contributed by atoms with Gasteiger partial charge in [-0.15, -0.1) is 11.3 Å². The number of benzene rings is 2. The van der Waals surface area contributed by atoms with Gasteiger partial charge in [-0.2, -0.15) is 9.78 Å². The second-order valence-electron chi connectivity index (χ2n) is 6.16. The van der Waals surface area contributed by atoms with Crippen LogP contribution >= 0.6 is 23.1 Å². The van der Waals surface area contributed by atoms with Gasteiger partial charge in [0.2, 0.25) is 5.88 Å². The summed E-state index contributed by atoms with van der Waals surface area (Å²) in [5, 5.41) is 17.8. The van der Waals surface area contributed by atoms with Crippen molar-refractivity contribution in [3.05, 3.63) is 92.8 Å². The number of para-hydroxylation sites is 2. The summed E-state index contributed by atoms with van der Waals surface area (Å²) < 4.78 is 7.29. The van der Waals surface area contributed by atoms with E-state index in [1.54, 1.807) is 42.6 Å². The van der Waals surface area contributed by atoms with Crippen molar-refractivity contribution >= 4 is 34.8 Å². The van der Waals surface area contributed by atoms with Crippen LogP contribution in [-0.2, 0) is 0 Å². The van der Waals surface area contributed by atoms with Gasteiger partial charge in [-0.3, -0.25) is 10.1 Å². The van der Waals surface area contributed by atoms with Crippen molar-refractivity contribution in [3.63, 3.8) is 0 Å². The lowest BCUT2D eigenvalue weighted by Gasteiger charge is -2.09. The summed E-state index contributed by atoms with van der Waals surface area (Å²) in [6, 6.07) is 19.1. The highest BCUT2D eigenvalue weighted by Crippen LogP contribution is 2.42. The third-order valence-electron chi connectivity index (χ3n) is 4.15. The molecule has 4 aromatic rings. The van der Waals surface area contributed by atoms with Crippen LogP contribution in [0.4, 0.5) is 5.69 Å². The predicted molar refractivity (Wildman–Crippen MR) is 115 cm³/mol. The summed E-state index contributed by atoms with van der Waals surface area (Å²) in [4.78, 5) is 25.1. The highest BCUT2D eigenvalue weighted by atomic mass is 32.2. The average molecular weight is 438 g/mol. The van der Waals surface area contributed by atoms with Gasteiger partial charge in [0.15, 0.2) is 0 Å². The van der Waals surface area contributed by atoms with Crippen LogP contribution in [0.5, 0.6) is 5.88 Å². The number of aromatic nitrogens is 2. The minimum absolute atomic E-state index is 0.0232. The fourth-order valence-corrected chi connectivity index (χ4v) is 4.40. The van der Waals surface area contributed by atoms with Crippen molar-refractivity contribution in [2.45, 2.75) is 16.7 Å². The lowest BCUT2D eigenvalue weighted by Crippen LogP contribution is -2.11. The zero-order valence-electron chi connectivity index (χ0n) is 15.7. The van der Waals surface area contributed by atoms with E-state index in [2.05, 4.69) is 5.10 Å². The van der Waals surface area contributed by atoms with Crippen LogP contribution in [0.15, 0.2) is 81.9 Å². The number of nitro groups is 1. The Morgan fingerprint density at radius 3 is 2.53 bits per heavy atom. The molecule has 4 rings (SSSR count). The predicted octanol–water partition coefficient (Wildman–Crippen LogP) is 5.52. The Hall–Kier alpha value is -3.43. The van der Waals surface area contributed by atoms with Crippen LogP contribution in [0.3, 0.4) is 0 Å². The van der Waals surface area contributed by atoms with Gasteiger partial charge in [-0.25, -0.2) is 4.79 Å². The first kappa shape index (κ1) is 19.9. The first-order valence-electron chi connectivity index (χ1n) is 8.86. The number of aryl methyl sites for hydroxylation is 1. The summed E-state index contributed by atoms with van der Waals surface area (Å²) in [5.41, 5.74) is 1.28. The Morgan fingerprint density at radius 2 is 1.83 bits per heavy atom. The monoisotopic (exact) mass is 437 g/mol. The molecule has 0 aliphatic heterocycles. The minimum Gasteiger partial charge on any atom is -0.402 e. The molecule has 2 aromatic heterocycles. The van der Waals surface area contributed by atoms with Crippen molar-refractivity contribution in [3.8, 4) is 11.6 Å². The summed E-state index contributed by atoms with van der Waals surface area (Å²) in [6.07, 6.45) is 0. The lowest BCUT2D eigenvalue weighted by molar-refractivity contribution is -0.387. The maximum atomic E-state index is 12.7. The molecule has 0 N–H and O–H groups in total. The zero-order valence-corrected chi connectivity index (χ0v) is 17.4. The Labute approximate surface area is 180 Å². The van der Waals surface area contributed by atoms with Crippen molar-refractivity contribution in [2.24, 2.45) is 0 Å². The van der Waals surface area contributed by atoms with E-state index in [4.69, 9.17) is 4.74 Å². The number of nitro benzene ring substituents is 1. The number of hydrogen-bond acceptors (Lipinski definition) is 7. The van der Waals surface area contributed by atoms with Crippen molar-refractivity contribution in [1.29, 1.82) is 0 Å². The Balaban J connectivity index is 1.81. The van der Waals surface area contributed by atoms with E-state index in [9.17, 15) is 14.9 Å². The molecule has 150 valence electrons. The van der Waals surface area contributed by atoms with Gasteiger partial charge in [0, 0.05) is 6.07 Å². The maximum absolute atomic E-state index is 12.7. The van der Waals surface area contributed by atoms with Crippen LogP contribution in [0.25, 0.3) is 5.69 Å². The van der Waals surface area contributed by atoms with Gasteiger partial charge in [-0.05, 0) is 36.6 Å². The second-order valence-corrected chi connectivity index (χ2v) is 8.16. The summed E-state index contributed by atoms with van der Waals surface area (Å²) in [7, 11) is 0. The number of carbonyl (C=O) groups excluding carboxylic acids is 1. The molecular weight excluding hydrogens is 422 g/mol. The van der Waals surface area contributed by atoms with Gasteiger partial charge in [0.05, 0.1) is 26.1 Å². The van der Waals surface area contributed by atoms with E-state index >= 15 is 0 Å². The third kappa shape index (κ3) is 3.98. The summed E-state index contributed by atoms with van der Waals surface area (Å²) in [5.74, 6) is -0.285. The number of nitrogens with zero attached hydrogens (tertiary/aromatic N) is 3. The first-order chi connectivity index (χ1) is 14.5. The van der Waals surface area contributed by atoms with E-state index in [0.29, 0.717) is 26.0 Å². The van der Waals surface area contributed by atoms with Crippen LogP contribution in [-0.4, -0.2) is 20.7 Å². The molecule has 0 fully saturated rings. The number of esters is 1. The smallest absolute Gasteiger partial charge is 0.355 e. The zero-order chi connectivity index (χ0) is 21.1. The fraction of sp³-hybridized carbons (Fsp3) is 0.0476. The largest absolute Gasteiger partial charge is 0.402 e. The van der Waals surface area contributed by atoms with E-state index in [-0.39, 0.29) is 11.6 Å². The Bertz CT molecular complexity index is 1200. The number of carbonyl (C=O) groups is 1. The molecular formula is C21H15N3O4S2. The summed E-state index contributed by atoms with van der Waals surface area (Å²) >= 11 is 2.43. The Kier molecular flexibility index (Phi) is 5.64. The lowest BCUT2D eigenvalue weighted by atomic mass is 10.3. The topological polar surface area (TPSA) is 87.3 Å². The first-order valence-corrected chi connectivity index (χ1v) is 10.6. The molecule has 0 unspecified atom stereocenters. The standard InChI is InChI=1S/C21H15N3O4S2/c1-14-19(30-17-11-6-5-10-16(17)24(26)27)20(28-21(25)18-12-7-13-29-18)23(22-14)15-8-3-2-4-9-15/h2-13H,1H3. The van der Waals surface area contributed by atoms with Crippen molar-refractivity contribution < 1.29 is 14.5 Å². The maximum Gasteiger partial charge on any atom is 0.355 e. The molecule has 0 saturated heterocycles. The van der Waals surface area contributed by atoms with E-state index in [1.165, 1.54) is 22.1 Å². The summed E-state index contributed by atoms with van der Waals surface area (Å²) in [6.45, 7) is 1.78. The molecule has 0 aliphatic rings. The molecule has 0 aliphatic carbocycles. The number of rotatable bonds is 6. The Morgan fingerprint density at radius 1 is 1.10 bits per heavy atom. The van der Waals surface area contributed by atoms with E-state index in [1.807, 2.05) is 30.3 Å². The fourth-order valence-electron chi connectivity index (χ4n) is 2.78. The molecule has 30 heavy (non-hydrogen) atoms. The van der Waals surface area contributed by atoms with Crippen molar-refractivity contribution in [2.75, 3.05) is 0 Å². The van der Waals surface area contributed by atoms with Crippen LogP contribution in [0.2, 0.25) is 0 Å². The minimum atomic E-state index is -0.508. The average Bonchev–Trinajstić information content (AvgIpc) is 3.39. The van der Waals surface area contributed by atoms with Crippen molar-refractivity contribution in [1.82, 2.24) is 9.78 Å². The second kappa shape index (κ2) is 8.52. The quantitative estimate of drug-likeness (QED) is 0.224. The molecule has 2 heterocycles. The molecule has 0 bridgehead atoms. The SMILES string of the molecule is Cc1nn(-c2ccccc2)c(OC(=O)c2cccs2)c1Sc1ccccc1[N+](=O)[O-]. The van der Waals surface area contributed by atoms with Gasteiger partial charge in [0.25, 0.3) is 5.69 Å². The molecule has 0 spiro atoms. The molecule has 0 radical (unpaired) electrons. The highest BCUT2D eigenvalue weighted by molar-refractivity contribution is 7.99. The number of thiophene rings is 1.